The predicted octanol–water partition coefficient (Wildman–Crippen LogP) is 5.49. The van der Waals surface area contributed by atoms with Gasteiger partial charge in [0.25, 0.3) is 10.0 Å². The van der Waals surface area contributed by atoms with Crippen LogP contribution in [0.5, 0.6) is 5.75 Å². The number of ether oxygens (including phenoxy) is 1. The molecule has 0 fully saturated rings. The van der Waals surface area contributed by atoms with Crippen molar-refractivity contribution >= 4 is 39.1 Å². The Balaban J connectivity index is 2.07. The minimum absolute atomic E-state index is 0.00219. The van der Waals surface area contributed by atoms with Crippen molar-refractivity contribution in [1.29, 1.82) is 0 Å². The van der Waals surface area contributed by atoms with Gasteiger partial charge in [-0.25, -0.2) is 8.42 Å². The molecule has 220 valence electrons. The van der Waals surface area contributed by atoms with E-state index in [2.05, 4.69) is 5.32 Å². The molecule has 3 aromatic rings. The molecule has 1 atom stereocenters. The average molecular weight is 600 g/mol. The second-order valence-electron chi connectivity index (χ2n) is 9.82. The molecule has 0 bridgehead atoms. The first kappa shape index (κ1) is 32.0. The van der Waals surface area contributed by atoms with Crippen LogP contribution in [0.15, 0.2) is 71.6 Å². The summed E-state index contributed by atoms with van der Waals surface area (Å²) in [5.74, 6) is -0.126. The lowest BCUT2D eigenvalue weighted by Gasteiger charge is -2.33. The number of carbonyl (C=O) groups excluding carboxylic acids is 2. The number of hydrogen-bond donors (Lipinski definition) is 1. The van der Waals surface area contributed by atoms with Crippen LogP contribution in [0.25, 0.3) is 0 Å². The molecule has 10 heteroatoms. The maximum Gasteiger partial charge on any atom is 0.264 e. The van der Waals surface area contributed by atoms with E-state index >= 15 is 0 Å². The fraction of sp³-hybridized carbons (Fsp3) is 0.355. The van der Waals surface area contributed by atoms with Crippen LogP contribution >= 0.6 is 11.6 Å². The van der Waals surface area contributed by atoms with E-state index in [1.807, 2.05) is 45.9 Å². The fourth-order valence-electron chi connectivity index (χ4n) is 4.36. The number of benzene rings is 3. The van der Waals surface area contributed by atoms with E-state index in [0.29, 0.717) is 29.4 Å². The summed E-state index contributed by atoms with van der Waals surface area (Å²) in [4.78, 5) is 28.8. The zero-order valence-electron chi connectivity index (χ0n) is 24.2. The summed E-state index contributed by atoms with van der Waals surface area (Å²) < 4.78 is 34.3. The van der Waals surface area contributed by atoms with Crippen molar-refractivity contribution < 1.29 is 22.7 Å². The highest BCUT2D eigenvalue weighted by Gasteiger charge is 2.33. The molecule has 0 radical (unpaired) electrons. The standard InChI is InChI=1S/C31H38ClN3O5S/c1-6-18-33-31(37)29(7-2)34(20-24-9-14-27(40-5)15-10-24)30(36)21-35(26-13-8-22(3)23(4)19-26)41(38,39)28-16-11-25(32)12-17-28/h8-17,19,29H,6-7,18,20-21H2,1-5H3,(H,33,37)/t29-/m0/s1. The van der Waals surface area contributed by atoms with Crippen LogP contribution in [0, 0.1) is 13.8 Å². The monoisotopic (exact) mass is 599 g/mol. The summed E-state index contributed by atoms with van der Waals surface area (Å²) in [6, 6.07) is 17.5. The van der Waals surface area contributed by atoms with Crippen molar-refractivity contribution in [1.82, 2.24) is 10.2 Å². The number of aryl methyl sites for hydroxylation is 2. The van der Waals surface area contributed by atoms with Crippen molar-refractivity contribution in [2.75, 3.05) is 24.5 Å². The number of anilines is 1. The number of hydrogen-bond acceptors (Lipinski definition) is 5. The molecule has 0 aliphatic heterocycles. The number of methoxy groups -OCH3 is 1. The minimum atomic E-state index is -4.17. The van der Waals surface area contributed by atoms with E-state index in [9.17, 15) is 18.0 Å². The van der Waals surface area contributed by atoms with Gasteiger partial charge in [-0.3, -0.25) is 13.9 Å². The molecule has 1 N–H and O–H groups in total. The number of nitrogens with one attached hydrogen (secondary N) is 1. The third kappa shape index (κ3) is 8.01. The number of amides is 2. The zero-order chi connectivity index (χ0) is 30.2. The number of carbonyl (C=O) groups is 2. The number of halogens is 1. The Morgan fingerprint density at radius 3 is 2.17 bits per heavy atom. The van der Waals surface area contributed by atoms with E-state index in [1.165, 1.54) is 29.2 Å². The summed E-state index contributed by atoms with van der Waals surface area (Å²) >= 11 is 6.02. The van der Waals surface area contributed by atoms with Gasteiger partial charge in [0.2, 0.25) is 11.8 Å². The maximum atomic E-state index is 14.1. The topological polar surface area (TPSA) is 96.0 Å². The van der Waals surface area contributed by atoms with Gasteiger partial charge in [0.05, 0.1) is 17.7 Å². The average Bonchev–Trinajstić information content (AvgIpc) is 2.96. The van der Waals surface area contributed by atoms with Gasteiger partial charge in [0.1, 0.15) is 18.3 Å². The molecule has 0 aliphatic rings. The van der Waals surface area contributed by atoms with Crippen LogP contribution in [-0.4, -0.2) is 51.4 Å². The highest BCUT2D eigenvalue weighted by atomic mass is 35.5. The first-order chi connectivity index (χ1) is 19.5. The first-order valence-corrected chi connectivity index (χ1v) is 15.4. The first-order valence-electron chi connectivity index (χ1n) is 13.6. The lowest BCUT2D eigenvalue weighted by Crippen LogP contribution is -2.52. The summed E-state index contributed by atoms with van der Waals surface area (Å²) in [7, 11) is -2.60. The van der Waals surface area contributed by atoms with Crippen molar-refractivity contribution in [3.05, 3.63) is 88.4 Å². The van der Waals surface area contributed by atoms with Gasteiger partial charge in [-0.15, -0.1) is 0 Å². The van der Waals surface area contributed by atoms with E-state index in [4.69, 9.17) is 16.3 Å². The normalized spacial score (nSPS) is 12.0. The van der Waals surface area contributed by atoms with E-state index in [1.54, 1.807) is 31.4 Å². The van der Waals surface area contributed by atoms with Gasteiger partial charge in [-0.1, -0.05) is 43.6 Å². The minimum Gasteiger partial charge on any atom is -0.497 e. The predicted molar refractivity (Wildman–Crippen MR) is 163 cm³/mol. The quantitative estimate of drug-likeness (QED) is 0.280. The van der Waals surface area contributed by atoms with Gasteiger partial charge in [-0.2, -0.15) is 0 Å². The molecule has 41 heavy (non-hydrogen) atoms. The fourth-order valence-corrected chi connectivity index (χ4v) is 5.89. The third-order valence-corrected chi connectivity index (χ3v) is 8.95. The Hall–Kier alpha value is -3.56. The summed E-state index contributed by atoms with van der Waals surface area (Å²) in [6.45, 7) is 7.68. The Morgan fingerprint density at radius 1 is 0.951 bits per heavy atom. The molecule has 2 amide bonds. The number of nitrogens with zero attached hydrogens (tertiary/aromatic N) is 2. The maximum absolute atomic E-state index is 14.1. The van der Waals surface area contributed by atoms with Crippen molar-refractivity contribution in [3.8, 4) is 5.75 Å². The number of sulfonamides is 1. The van der Waals surface area contributed by atoms with Gasteiger partial charge < -0.3 is 15.0 Å². The van der Waals surface area contributed by atoms with Crippen molar-refractivity contribution in [2.24, 2.45) is 0 Å². The van der Waals surface area contributed by atoms with Crippen molar-refractivity contribution in [3.63, 3.8) is 0 Å². The molecule has 0 aliphatic carbocycles. The van der Waals surface area contributed by atoms with Crippen molar-refractivity contribution in [2.45, 2.75) is 58.0 Å². The van der Waals surface area contributed by atoms with Crippen LogP contribution in [-0.2, 0) is 26.2 Å². The third-order valence-electron chi connectivity index (χ3n) is 6.91. The Bertz CT molecular complexity index is 1440. The van der Waals surface area contributed by atoms with Crippen LogP contribution in [0.2, 0.25) is 5.02 Å². The Kier molecular flexibility index (Phi) is 11.2. The molecular formula is C31H38ClN3O5S. The highest BCUT2D eigenvalue weighted by Crippen LogP contribution is 2.27. The second-order valence-corrected chi connectivity index (χ2v) is 12.1. The Labute approximate surface area is 248 Å². The van der Waals surface area contributed by atoms with Gasteiger partial charge in [-0.05, 0) is 91.9 Å². The summed E-state index contributed by atoms with van der Waals surface area (Å²) in [5.41, 5.74) is 3.00. The van der Waals surface area contributed by atoms with Gasteiger partial charge in [0.15, 0.2) is 0 Å². The molecule has 0 aromatic heterocycles. The molecule has 3 rings (SSSR count). The largest absolute Gasteiger partial charge is 0.497 e. The van der Waals surface area contributed by atoms with Gasteiger partial charge >= 0.3 is 0 Å². The van der Waals surface area contributed by atoms with Crippen LogP contribution < -0.4 is 14.4 Å². The Morgan fingerprint density at radius 2 is 1.61 bits per heavy atom. The molecule has 0 heterocycles. The SMILES string of the molecule is CCCNC(=O)[C@H](CC)N(Cc1ccc(OC)cc1)C(=O)CN(c1ccc(C)c(C)c1)S(=O)(=O)c1ccc(Cl)cc1. The number of rotatable bonds is 13. The smallest absolute Gasteiger partial charge is 0.264 e. The van der Waals surface area contributed by atoms with E-state index in [0.717, 1.165) is 27.4 Å². The molecule has 0 saturated heterocycles. The molecule has 8 nitrogen and oxygen atoms in total. The molecule has 0 spiro atoms. The van der Waals surface area contributed by atoms with Crippen LogP contribution in [0.1, 0.15) is 43.4 Å². The zero-order valence-corrected chi connectivity index (χ0v) is 25.8. The highest BCUT2D eigenvalue weighted by molar-refractivity contribution is 7.92. The molecule has 0 unspecified atom stereocenters. The molecule has 0 saturated carbocycles. The summed E-state index contributed by atoms with van der Waals surface area (Å²) in [6.07, 6.45) is 1.10. The van der Waals surface area contributed by atoms with Crippen LogP contribution in [0.3, 0.4) is 0 Å². The van der Waals surface area contributed by atoms with E-state index < -0.39 is 28.5 Å². The molecular weight excluding hydrogens is 562 g/mol. The van der Waals surface area contributed by atoms with Gasteiger partial charge in [0, 0.05) is 18.1 Å². The molecule has 3 aromatic carbocycles. The second kappa shape index (κ2) is 14.4. The lowest BCUT2D eigenvalue weighted by molar-refractivity contribution is -0.140. The summed E-state index contributed by atoms with van der Waals surface area (Å²) in [5, 5.41) is 3.28. The van der Waals surface area contributed by atoms with E-state index in [-0.39, 0.29) is 17.3 Å². The lowest BCUT2D eigenvalue weighted by atomic mass is 10.1. The van der Waals surface area contributed by atoms with Crippen LogP contribution in [0.4, 0.5) is 5.69 Å².